The van der Waals surface area contributed by atoms with E-state index in [1.165, 1.54) is 11.3 Å². The van der Waals surface area contributed by atoms with Gasteiger partial charge in [0.2, 0.25) is 5.91 Å². The molecule has 1 aromatic heterocycles. The highest BCUT2D eigenvalue weighted by molar-refractivity contribution is 7.13. The van der Waals surface area contributed by atoms with Crippen LogP contribution >= 0.6 is 11.3 Å². The molecule has 1 amide bonds. The van der Waals surface area contributed by atoms with Crippen LogP contribution in [-0.4, -0.2) is 32.2 Å². The van der Waals surface area contributed by atoms with Crippen LogP contribution in [0.1, 0.15) is 11.3 Å². The summed E-state index contributed by atoms with van der Waals surface area (Å²) in [6, 6.07) is 13.1. The maximum atomic E-state index is 12.3. The number of hydrogen-bond acceptors (Lipinski definition) is 7. The highest BCUT2D eigenvalue weighted by Crippen LogP contribution is 2.32. The highest BCUT2D eigenvalue weighted by atomic mass is 32.1. The zero-order valence-electron chi connectivity index (χ0n) is 16.5. The predicted octanol–water partition coefficient (Wildman–Crippen LogP) is 3.77. The number of nitrogens with zero attached hydrogens (tertiary/aromatic N) is 1. The summed E-state index contributed by atoms with van der Waals surface area (Å²) >= 11 is 1.42. The van der Waals surface area contributed by atoms with Gasteiger partial charge in [-0.25, -0.2) is 4.98 Å². The molecule has 0 aliphatic rings. The number of aromatic nitrogens is 1. The van der Waals surface area contributed by atoms with E-state index in [0.29, 0.717) is 28.9 Å². The SMILES string of the molecule is COc1cccc(CNC(=O)Cc2csc(Nc3cc(OC)ccc3OC)n2)c1. The van der Waals surface area contributed by atoms with Crippen LogP contribution < -0.4 is 24.8 Å². The van der Waals surface area contributed by atoms with Crippen LogP contribution in [0.2, 0.25) is 0 Å². The van der Waals surface area contributed by atoms with Gasteiger partial charge in [-0.3, -0.25) is 4.79 Å². The van der Waals surface area contributed by atoms with Gasteiger partial charge >= 0.3 is 0 Å². The lowest BCUT2D eigenvalue weighted by Gasteiger charge is -2.10. The Kier molecular flexibility index (Phi) is 6.91. The molecule has 2 aromatic carbocycles. The summed E-state index contributed by atoms with van der Waals surface area (Å²) in [6.07, 6.45) is 0.206. The van der Waals surface area contributed by atoms with Crippen LogP contribution in [0.25, 0.3) is 0 Å². The molecule has 3 rings (SSSR count). The fraction of sp³-hybridized carbons (Fsp3) is 0.238. The number of hydrogen-bond donors (Lipinski definition) is 2. The number of amides is 1. The van der Waals surface area contributed by atoms with Gasteiger partial charge in [-0.2, -0.15) is 0 Å². The van der Waals surface area contributed by atoms with E-state index >= 15 is 0 Å². The molecular formula is C21H23N3O4S. The van der Waals surface area contributed by atoms with Crippen LogP contribution in [0.5, 0.6) is 17.2 Å². The second-order valence-corrected chi connectivity index (χ2v) is 7.00. The molecule has 7 nitrogen and oxygen atoms in total. The summed E-state index contributed by atoms with van der Waals surface area (Å²) in [5, 5.41) is 8.66. The van der Waals surface area contributed by atoms with Crippen LogP contribution in [0.3, 0.4) is 0 Å². The molecule has 1 heterocycles. The number of anilines is 2. The molecule has 0 unspecified atom stereocenters. The third kappa shape index (κ3) is 5.61. The van der Waals surface area contributed by atoms with Gasteiger partial charge in [0, 0.05) is 18.0 Å². The van der Waals surface area contributed by atoms with E-state index in [0.717, 1.165) is 17.0 Å². The molecule has 152 valence electrons. The summed E-state index contributed by atoms with van der Waals surface area (Å²) in [7, 11) is 4.83. The van der Waals surface area contributed by atoms with Crippen molar-refractivity contribution in [3.63, 3.8) is 0 Å². The van der Waals surface area contributed by atoms with Gasteiger partial charge in [0.15, 0.2) is 5.13 Å². The molecule has 0 radical (unpaired) electrons. The summed E-state index contributed by atoms with van der Waals surface area (Å²) in [6.45, 7) is 0.437. The van der Waals surface area contributed by atoms with E-state index in [-0.39, 0.29) is 12.3 Å². The van der Waals surface area contributed by atoms with E-state index in [9.17, 15) is 4.79 Å². The topological polar surface area (TPSA) is 81.7 Å². The largest absolute Gasteiger partial charge is 0.497 e. The van der Waals surface area contributed by atoms with Crippen molar-refractivity contribution in [2.45, 2.75) is 13.0 Å². The average Bonchev–Trinajstić information content (AvgIpc) is 3.18. The molecule has 29 heavy (non-hydrogen) atoms. The first-order valence-electron chi connectivity index (χ1n) is 8.94. The predicted molar refractivity (Wildman–Crippen MR) is 113 cm³/mol. The molecule has 8 heteroatoms. The molecule has 0 spiro atoms. The van der Waals surface area contributed by atoms with E-state index in [4.69, 9.17) is 14.2 Å². The zero-order chi connectivity index (χ0) is 20.6. The Morgan fingerprint density at radius 2 is 1.83 bits per heavy atom. The second kappa shape index (κ2) is 9.79. The Balaban J connectivity index is 1.58. The molecule has 0 aliphatic heterocycles. The van der Waals surface area contributed by atoms with E-state index in [2.05, 4.69) is 15.6 Å². The number of carbonyl (C=O) groups is 1. The van der Waals surface area contributed by atoms with Gasteiger partial charge in [-0.1, -0.05) is 12.1 Å². The average molecular weight is 413 g/mol. The monoisotopic (exact) mass is 413 g/mol. The molecule has 3 aromatic rings. The normalized spacial score (nSPS) is 10.3. The minimum atomic E-state index is -0.0939. The van der Waals surface area contributed by atoms with Crippen molar-refractivity contribution in [3.05, 3.63) is 59.1 Å². The summed E-state index contributed by atoms with van der Waals surface area (Å²) in [5.74, 6) is 2.06. The second-order valence-electron chi connectivity index (χ2n) is 6.14. The van der Waals surface area contributed by atoms with Crippen LogP contribution in [0.15, 0.2) is 47.8 Å². The number of ether oxygens (including phenoxy) is 3. The fourth-order valence-electron chi connectivity index (χ4n) is 2.68. The number of nitrogens with one attached hydrogen (secondary N) is 2. The molecule has 0 saturated heterocycles. The standard InChI is InChI=1S/C21H23N3O4S/c1-26-16-6-4-5-14(9-16)12-22-20(25)10-15-13-29-21(23-15)24-18-11-17(27-2)7-8-19(18)28-3/h4-9,11,13H,10,12H2,1-3H3,(H,22,25)(H,23,24). The van der Waals surface area contributed by atoms with Gasteiger partial charge in [-0.05, 0) is 29.8 Å². The molecule has 0 bridgehead atoms. The highest BCUT2D eigenvalue weighted by Gasteiger charge is 2.11. The molecule has 0 atom stereocenters. The van der Waals surface area contributed by atoms with Crippen molar-refractivity contribution < 1.29 is 19.0 Å². The number of thiazole rings is 1. The number of methoxy groups -OCH3 is 3. The number of benzene rings is 2. The van der Waals surface area contributed by atoms with E-state index < -0.39 is 0 Å². The first-order chi connectivity index (χ1) is 14.1. The minimum absolute atomic E-state index is 0.0939. The van der Waals surface area contributed by atoms with Gasteiger partial charge in [0.05, 0.1) is 39.1 Å². The van der Waals surface area contributed by atoms with Crippen LogP contribution in [0, 0.1) is 0 Å². The van der Waals surface area contributed by atoms with Crippen molar-refractivity contribution in [1.82, 2.24) is 10.3 Å². The quantitative estimate of drug-likeness (QED) is 0.556. The first kappa shape index (κ1) is 20.5. The van der Waals surface area contributed by atoms with Crippen molar-refractivity contribution in [2.24, 2.45) is 0 Å². The van der Waals surface area contributed by atoms with Crippen molar-refractivity contribution >= 4 is 28.1 Å². The Hall–Kier alpha value is -3.26. The maximum Gasteiger partial charge on any atom is 0.226 e. The van der Waals surface area contributed by atoms with Crippen molar-refractivity contribution in [1.29, 1.82) is 0 Å². The molecular weight excluding hydrogens is 390 g/mol. The Bertz CT molecular complexity index is 974. The Morgan fingerprint density at radius 1 is 1.03 bits per heavy atom. The fourth-order valence-corrected chi connectivity index (χ4v) is 3.41. The molecule has 0 aliphatic carbocycles. The Labute approximate surface area is 173 Å². The van der Waals surface area contributed by atoms with Crippen molar-refractivity contribution in [2.75, 3.05) is 26.6 Å². The maximum absolute atomic E-state index is 12.3. The smallest absolute Gasteiger partial charge is 0.226 e. The molecule has 2 N–H and O–H groups in total. The van der Waals surface area contributed by atoms with Gasteiger partial charge < -0.3 is 24.8 Å². The third-order valence-electron chi connectivity index (χ3n) is 4.17. The lowest BCUT2D eigenvalue weighted by atomic mass is 10.2. The van der Waals surface area contributed by atoms with Crippen LogP contribution in [0.4, 0.5) is 10.8 Å². The van der Waals surface area contributed by atoms with Gasteiger partial charge in [0.1, 0.15) is 17.2 Å². The van der Waals surface area contributed by atoms with Gasteiger partial charge in [0.25, 0.3) is 0 Å². The lowest BCUT2D eigenvalue weighted by molar-refractivity contribution is -0.120. The number of carbonyl (C=O) groups excluding carboxylic acids is 1. The first-order valence-corrected chi connectivity index (χ1v) is 9.82. The lowest BCUT2D eigenvalue weighted by Crippen LogP contribution is -2.24. The van der Waals surface area contributed by atoms with E-state index in [1.807, 2.05) is 47.8 Å². The van der Waals surface area contributed by atoms with Crippen molar-refractivity contribution in [3.8, 4) is 17.2 Å². The zero-order valence-corrected chi connectivity index (χ0v) is 17.3. The molecule has 0 saturated carbocycles. The summed E-state index contributed by atoms with van der Waals surface area (Å²) < 4.78 is 15.8. The third-order valence-corrected chi connectivity index (χ3v) is 4.97. The minimum Gasteiger partial charge on any atom is -0.497 e. The summed E-state index contributed by atoms with van der Waals surface area (Å²) in [4.78, 5) is 16.7. The van der Waals surface area contributed by atoms with E-state index in [1.54, 1.807) is 21.3 Å². The van der Waals surface area contributed by atoms with Crippen LogP contribution in [-0.2, 0) is 17.8 Å². The molecule has 0 fully saturated rings. The number of rotatable bonds is 9. The summed E-state index contributed by atoms with van der Waals surface area (Å²) in [5.41, 5.74) is 2.42. The van der Waals surface area contributed by atoms with Gasteiger partial charge in [-0.15, -0.1) is 11.3 Å². The Morgan fingerprint density at radius 3 is 2.59 bits per heavy atom.